The Morgan fingerprint density at radius 2 is 2.12 bits per heavy atom. The Morgan fingerprint density at radius 1 is 1.33 bits per heavy atom. The zero-order chi connectivity index (χ0) is 17.5. The number of aliphatic carboxylic acids is 1. The lowest BCUT2D eigenvalue weighted by Gasteiger charge is -2.33. The van der Waals surface area contributed by atoms with Gasteiger partial charge >= 0.3 is 12.0 Å². The SMILES string of the molecule is O=C(O)CCCNC(=O)N1CCCC(Oc2ccc(Cl)c(Cl)c2)C1. The molecule has 1 aliphatic rings. The lowest BCUT2D eigenvalue weighted by Crippen LogP contribution is -2.48. The third-order valence-corrected chi connectivity index (χ3v) is 4.44. The van der Waals surface area contributed by atoms with Crippen molar-refractivity contribution in [3.05, 3.63) is 28.2 Å². The Morgan fingerprint density at radius 3 is 2.83 bits per heavy atom. The van der Waals surface area contributed by atoms with E-state index >= 15 is 0 Å². The van der Waals surface area contributed by atoms with Gasteiger partial charge in [0.1, 0.15) is 11.9 Å². The number of benzene rings is 1. The first-order valence-electron chi connectivity index (χ1n) is 7.82. The highest BCUT2D eigenvalue weighted by Crippen LogP contribution is 2.28. The van der Waals surface area contributed by atoms with E-state index in [9.17, 15) is 9.59 Å². The molecule has 1 aromatic rings. The molecule has 2 rings (SSSR count). The van der Waals surface area contributed by atoms with Crippen molar-refractivity contribution in [1.29, 1.82) is 0 Å². The van der Waals surface area contributed by atoms with E-state index < -0.39 is 5.97 Å². The zero-order valence-corrected chi connectivity index (χ0v) is 14.6. The molecule has 0 saturated carbocycles. The van der Waals surface area contributed by atoms with Gasteiger partial charge in [0.25, 0.3) is 0 Å². The van der Waals surface area contributed by atoms with Gasteiger partial charge in [0.05, 0.1) is 16.6 Å². The van der Waals surface area contributed by atoms with Crippen LogP contribution in [0, 0.1) is 0 Å². The van der Waals surface area contributed by atoms with Crippen molar-refractivity contribution in [1.82, 2.24) is 10.2 Å². The van der Waals surface area contributed by atoms with Gasteiger partial charge in [0.2, 0.25) is 0 Å². The van der Waals surface area contributed by atoms with E-state index in [0.717, 1.165) is 12.8 Å². The molecule has 1 heterocycles. The number of likely N-dealkylation sites (tertiary alicyclic amines) is 1. The summed E-state index contributed by atoms with van der Waals surface area (Å²) in [6.45, 7) is 1.48. The maximum atomic E-state index is 12.1. The number of hydrogen-bond acceptors (Lipinski definition) is 3. The molecule has 1 fully saturated rings. The number of urea groups is 1. The third kappa shape index (κ3) is 5.76. The van der Waals surface area contributed by atoms with Crippen LogP contribution in [0.2, 0.25) is 10.0 Å². The fourth-order valence-corrected chi connectivity index (χ4v) is 2.80. The highest BCUT2D eigenvalue weighted by atomic mass is 35.5. The predicted molar refractivity (Wildman–Crippen MR) is 92.0 cm³/mol. The molecule has 2 N–H and O–H groups in total. The molecule has 1 unspecified atom stereocenters. The first kappa shape index (κ1) is 18.7. The minimum Gasteiger partial charge on any atom is -0.489 e. The van der Waals surface area contributed by atoms with E-state index in [1.165, 1.54) is 0 Å². The number of halogens is 2. The number of carboxylic acids is 1. The Bertz CT molecular complexity index is 597. The minimum atomic E-state index is -0.864. The quantitative estimate of drug-likeness (QED) is 0.747. The Kier molecular flexibility index (Phi) is 6.99. The second-order valence-corrected chi connectivity index (χ2v) is 6.45. The van der Waals surface area contributed by atoms with Crippen LogP contribution < -0.4 is 10.1 Å². The van der Waals surface area contributed by atoms with Crippen LogP contribution in [0.1, 0.15) is 25.7 Å². The molecule has 1 saturated heterocycles. The molecule has 8 heteroatoms. The summed E-state index contributed by atoms with van der Waals surface area (Å²) in [5.74, 6) is -0.240. The van der Waals surface area contributed by atoms with Gasteiger partial charge in [-0.1, -0.05) is 23.2 Å². The molecule has 132 valence electrons. The van der Waals surface area contributed by atoms with Crippen LogP contribution in [0.25, 0.3) is 0 Å². The van der Waals surface area contributed by atoms with Gasteiger partial charge in [-0.15, -0.1) is 0 Å². The summed E-state index contributed by atoms with van der Waals surface area (Å²) in [7, 11) is 0. The molecule has 2 amide bonds. The van der Waals surface area contributed by atoms with Crippen molar-refractivity contribution in [3.8, 4) is 5.75 Å². The van der Waals surface area contributed by atoms with Crippen molar-refractivity contribution >= 4 is 35.2 Å². The largest absolute Gasteiger partial charge is 0.489 e. The standard InChI is InChI=1S/C16H20Cl2N2O4/c17-13-6-5-11(9-14(13)18)24-12-3-2-8-20(10-12)16(23)19-7-1-4-15(21)22/h5-6,9,12H,1-4,7-8,10H2,(H,19,23)(H,21,22). The number of rotatable bonds is 6. The molecule has 0 spiro atoms. The fraction of sp³-hybridized carbons (Fsp3) is 0.500. The normalized spacial score (nSPS) is 17.4. The molecular weight excluding hydrogens is 355 g/mol. The van der Waals surface area contributed by atoms with Gasteiger partial charge in [0, 0.05) is 25.6 Å². The zero-order valence-electron chi connectivity index (χ0n) is 13.1. The average Bonchev–Trinajstić information content (AvgIpc) is 2.55. The highest BCUT2D eigenvalue weighted by Gasteiger charge is 2.24. The monoisotopic (exact) mass is 374 g/mol. The Labute approximate surface area is 150 Å². The molecule has 1 aliphatic heterocycles. The van der Waals surface area contributed by atoms with Crippen molar-refractivity contribution in [3.63, 3.8) is 0 Å². The summed E-state index contributed by atoms with van der Waals surface area (Å²) in [5, 5.41) is 12.2. The maximum Gasteiger partial charge on any atom is 0.317 e. The summed E-state index contributed by atoms with van der Waals surface area (Å²) in [5.41, 5.74) is 0. The number of amides is 2. The third-order valence-electron chi connectivity index (χ3n) is 3.70. The van der Waals surface area contributed by atoms with Crippen LogP contribution in [0.15, 0.2) is 18.2 Å². The van der Waals surface area contributed by atoms with Crippen molar-refractivity contribution in [2.45, 2.75) is 31.8 Å². The first-order chi connectivity index (χ1) is 11.5. The number of carboxylic acid groups (broad SMARTS) is 1. The summed E-state index contributed by atoms with van der Waals surface area (Å²) in [4.78, 5) is 24.2. The van der Waals surface area contributed by atoms with E-state index in [1.54, 1.807) is 23.1 Å². The van der Waals surface area contributed by atoms with E-state index in [0.29, 0.717) is 41.8 Å². The maximum absolute atomic E-state index is 12.1. The molecule has 1 atom stereocenters. The summed E-state index contributed by atoms with van der Waals surface area (Å²) in [6, 6.07) is 4.89. The Balaban J connectivity index is 1.81. The van der Waals surface area contributed by atoms with Crippen molar-refractivity contribution in [2.75, 3.05) is 19.6 Å². The molecule has 24 heavy (non-hydrogen) atoms. The smallest absolute Gasteiger partial charge is 0.317 e. The summed E-state index contributed by atoms with van der Waals surface area (Å²) >= 11 is 11.9. The first-order valence-corrected chi connectivity index (χ1v) is 8.57. The number of piperidine rings is 1. The van der Waals surface area contributed by atoms with Crippen molar-refractivity contribution < 1.29 is 19.4 Å². The van der Waals surface area contributed by atoms with Crippen LogP contribution in [0.3, 0.4) is 0 Å². The number of carbonyl (C=O) groups excluding carboxylic acids is 1. The lowest BCUT2D eigenvalue weighted by atomic mass is 10.1. The van der Waals surface area contributed by atoms with Gasteiger partial charge in [-0.3, -0.25) is 4.79 Å². The minimum absolute atomic E-state index is 0.0450. The van der Waals surface area contributed by atoms with Crippen LogP contribution >= 0.6 is 23.2 Å². The summed E-state index contributed by atoms with van der Waals surface area (Å²) in [6.07, 6.45) is 2.04. The fourth-order valence-electron chi connectivity index (χ4n) is 2.51. The molecule has 1 aromatic carbocycles. The molecule has 0 radical (unpaired) electrons. The highest BCUT2D eigenvalue weighted by molar-refractivity contribution is 6.42. The van der Waals surface area contributed by atoms with E-state index in [-0.39, 0.29) is 18.6 Å². The van der Waals surface area contributed by atoms with E-state index in [1.807, 2.05) is 0 Å². The average molecular weight is 375 g/mol. The van der Waals surface area contributed by atoms with Gasteiger partial charge < -0.3 is 20.1 Å². The molecule has 0 bridgehead atoms. The number of carbonyl (C=O) groups is 2. The molecular formula is C16H20Cl2N2O4. The van der Waals surface area contributed by atoms with E-state index in [2.05, 4.69) is 5.32 Å². The van der Waals surface area contributed by atoms with Gasteiger partial charge in [-0.2, -0.15) is 0 Å². The predicted octanol–water partition coefficient (Wildman–Crippen LogP) is 3.41. The van der Waals surface area contributed by atoms with Gasteiger partial charge in [-0.25, -0.2) is 4.79 Å². The van der Waals surface area contributed by atoms with Gasteiger partial charge in [0.15, 0.2) is 0 Å². The second kappa shape index (κ2) is 8.99. The number of nitrogens with one attached hydrogen (secondary N) is 1. The van der Waals surface area contributed by atoms with Crippen molar-refractivity contribution in [2.24, 2.45) is 0 Å². The topological polar surface area (TPSA) is 78.9 Å². The number of ether oxygens (including phenoxy) is 1. The van der Waals surface area contributed by atoms with Crippen LogP contribution in [-0.4, -0.2) is 47.7 Å². The van der Waals surface area contributed by atoms with Crippen LogP contribution in [0.5, 0.6) is 5.75 Å². The summed E-state index contributed by atoms with van der Waals surface area (Å²) < 4.78 is 5.89. The molecule has 0 aromatic heterocycles. The van der Waals surface area contributed by atoms with Crippen LogP contribution in [0.4, 0.5) is 4.79 Å². The molecule has 0 aliphatic carbocycles. The molecule has 6 nitrogen and oxygen atoms in total. The second-order valence-electron chi connectivity index (χ2n) is 5.63. The van der Waals surface area contributed by atoms with Gasteiger partial charge in [-0.05, 0) is 31.4 Å². The number of nitrogens with zero attached hydrogens (tertiary/aromatic N) is 1. The number of hydrogen-bond donors (Lipinski definition) is 2. The van der Waals surface area contributed by atoms with Crippen LogP contribution in [-0.2, 0) is 4.79 Å². The van der Waals surface area contributed by atoms with E-state index in [4.69, 9.17) is 33.0 Å². The lowest BCUT2D eigenvalue weighted by molar-refractivity contribution is -0.137. The Hall–Kier alpha value is -1.66.